The molecule has 5 nitrogen and oxygen atoms in total. The van der Waals surface area contributed by atoms with Gasteiger partial charge in [0.2, 0.25) is 0 Å². The number of β-amino-alcohol motifs (C(OH)–C–C–N with tert-alkyl or cyclic N) is 1. The van der Waals surface area contributed by atoms with Gasteiger partial charge in [0.05, 0.1) is 11.5 Å². The van der Waals surface area contributed by atoms with E-state index < -0.39 is 21.5 Å². The third-order valence-corrected chi connectivity index (χ3v) is 5.68. The summed E-state index contributed by atoms with van der Waals surface area (Å²) in [6.07, 6.45) is -0.138. The lowest BCUT2D eigenvalue weighted by Crippen LogP contribution is -2.47. The number of ether oxygens (including phenoxy) is 1. The molecule has 0 saturated carbocycles. The molecular weight excluding hydrogens is 314 g/mol. The van der Waals surface area contributed by atoms with E-state index in [1.165, 1.54) is 0 Å². The normalized spacial score (nSPS) is 25.7. The average molecular weight is 334 g/mol. The van der Waals surface area contributed by atoms with Gasteiger partial charge in [0.15, 0.2) is 9.84 Å². The van der Waals surface area contributed by atoms with E-state index in [0.29, 0.717) is 23.7 Å². The first-order valence-corrected chi connectivity index (χ1v) is 9.00. The summed E-state index contributed by atoms with van der Waals surface area (Å²) in [5.41, 5.74) is -0.458. The minimum absolute atomic E-state index is 0.116. The van der Waals surface area contributed by atoms with Crippen LogP contribution in [-0.4, -0.2) is 49.8 Å². The maximum absolute atomic E-state index is 11.5. The molecule has 0 aliphatic carbocycles. The lowest BCUT2D eigenvalue weighted by atomic mass is 10.0. The molecule has 0 amide bonds. The van der Waals surface area contributed by atoms with Crippen LogP contribution in [0.1, 0.15) is 13.3 Å². The molecule has 0 spiro atoms. The Balaban J connectivity index is 1.75. The van der Waals surface area contributed by atoms with Crippen molar-refractivity contribution in [2.75, 3.05) is 24.7 Å². The molecule has 0 aromatic heterocycles. The number of benzene rings is 1. The third kappa shape index (κ3) is 5.14. The molecule has 0 radical (unpaired) electrons. The summed E-state index contributed by atoms with van der Waals surface area (Å²) >= 11 is 5.77. The van der Waals surface area contributed by atoms with Gasteiger partial charge in [-0.05, 0) is 37.6 Å². The number of nitrogens with one attached hydrogen (secondary N) is 1. The highest BCUT2D eigenvalue weighted by molar-refractivity contribution is 7.91. The van der Waals surface area contributed by atoms with Gasteiger partial charge in [0, 0.05) is 17.1 Å². The van der Waals surface area contributed by atoms with Crippen LogP contribution < -0.4 is 10.1 Å². The molecule has 1 aromatic rings. The minimum atomic E-state index is -2.95. The van der Waals surface area contributed by atoms with Crippen molar-refractivity contribution < 1.29 is 18.3 Å². The van der Waals surface area contributed by atoms with Crippen molar-refractivity contribution in [1.82, 2.24) is 5.32 Å². The van der Waals surface area contributed by atoms with Crippen LogP contribution in [0.25, 0.3) is 0 Å². The van der Waals surface area contributed by atoms with Crippen molar-refractivity contribution >= 4 is 21.4 Å². The van der Waals surface area contributed by atoms with Gasteiger partial charge in [-0.2, -0.15) is 0 Å². The first kappa shape index (κ1) is 16.5. The molecule has 2 N–H and O–H groups in total. The molecule has 1 aliphatic heterocycles. The van der Waals surface area contributed by atoms with Crippen LogP contribution in [0.3, 0.4) is 0 Å². The molecule has 1 heterocycles. The molecule has 7 heteroatoms. The van der Waals surface area contributed by atoms with E-state index in [-0.39, 0.29) is 18.1 Å². The van der Waals surface area contributed by atoms with E-state index in [1.54, 1.807) is 24.3 Å². The first-order valence-electron chi connectivity index (χ1n) is 6.80. The zero-order valence-electron chi connectivity index (χ0n) is 11.9. The summed E-state index contributed by atoms with van der Waals surface area (Å²) in [5, 5.41) is 13.7. The zero-order valence-corrected chi connectivity index (χ0v) is 13.5. The topological polar surface area (TPSA) is 75.6 Å². The summed E-state index contributed by atoms with van der Waals surface area (Å²) in [4.78, 5) is 0. The highest BCUT2D eigenvalue weighted by Gasteiger charge is 2.38. The molecule has 0 bridgehead atoms. The second-order valence-electron chi connectivity index (χ2n) is 5.70. The van der Waals surface area contributed by atoms with Crippen molar-refractivity contribution in [3.8, 4) is 5.75 Å². The minimum Gasteiger partial charge on any atom is -0.491 e. The molecular formula is C14H20ClNO4S. The summed E-state index contributed by atoms with van der Waals surface area (Å²) in [5.74, 6) is 0.951. The first-order chi connectivity index (χ1) is 9.78. The summed E-state index contributed by atoms with van der Waals surface area (Å²) in [6.45, 7) is 2.29. The average Bonchev–Trinajstić information content (AvgIpc) is 2.70. The van der Waals surface area contributed by atoms with E-state index in [0.717, 1.165) is 0 Å². The fourth-order valence-electron chi connectivity index (χ4n) is 2.30. The Kier molecular flexibility index (Phi) is 5.14. The Labute approximate surface area is 130 Å². The SMILES string of the molecule is CC1(NCC(O)COc2ccc(Cl)cc2)CCS(=O)(=O)C1. The van der Waals surface area contributed by atoms with Gasteiger partial charge in [-0.15, -0.1) is 0 Å². The van der Waals surface area contributed by atoms with E-state index in [9.17, 15) is 13.5 Å². The van der Waals surface area contributed by atoms with Crippen LogP contribution in [0.2, 0.25) is 5.02 Å². The smallest absolute Gasteiger partial charge is 0.152 e. The van der Waals surface area contributed by atoms with Crippen LogP contribution >= 0.6 is 11.6 Å². The number of aliphatic hydroxyl groups is 1. The fourth-order valence-corrected chi connectivity index (χ4v) is 4.55. The lowest BCUT2D eigenvalue weighted by molar-refractivity contribution is 0.0993. The number of sulfone groups is 1. The Morgan fingerprint density at radius 2 is 2.10 bits per heavy atom. The molecule has 1 saturated heterocycles. The Morgan fingerprint density at radius 3 is 2.67 bits per heavy atom. The van der Waals surface area contributed by atoms with Crippen molar-refractivity contribution in [2.24, 2.45) is 0 Å². The number of rotatable bonds is 6. The third-order valence-electron chi connectivity index (χ3n) is 3.52. The van der Waals surface area contributed by atoms with Crippen LogP contribution in [-0.2, 0) is 9.84 Å². The predicted molar refractivity (Wildman–Crippen MR) is 82.6 cm³/mol. The van der Waals surface area contributed by atoms with Crippen molar-refractivity contribution in [2.45, 2.75) is 25.0 Å². The number of hydrogen-bond acceptors (Lipinski definition) is 5. The van der Waals surface area contributed by atoms with Crippen molar-refractivity contribution in [3.63, 3.8) is 0 Å². The van der Waals surface area contributed by atoms with Gasteiger partial charge in [0.25, 0.3) is 0 Å². The van der Waals surface area contributed by atoms with Crippen molar-refractivity contribution in [3.05, 3.63) is 29.3 Å². The molecule has 1 fully saturated rings. The predicted octanol–water partition coefficient (Wildman–Crippen LogP) is 1.25. The van der Waals surface area contributed by atoms with E-state index in [2.05, 4.69) is 5.32 Å². The largest absolute Gasteiger partial charge is 0.491 e. The van der Waals surface area contributed by atoms with Gasteiger partial charge in [-0.1, -0.05) is 11.6 Å². The lowest BCUT2D eigenvalue weighted by Gasteiger charge is -2.25. The second kappa shape index (κ2) is 6.52. The Hall–Kier alpha value is -0.820. The molecule has 118 valence electrons. The highest BCUT2D eigenvalue weighted by Crippen LogP contribution is 2.22. The zero-order chi connectivity index (χ0) is 15.5. The van der Waals surface area contributed by atoms with E-state index >= 15 is 0 Å². The maximum atomic E-state index is 11.5. The van der Waals surface area contributed by atoms with E-state index in [1.807, 2.05) is 6.92 Å². The number of halogens is 1. The summed E-state index contributed by atoms with van der Waals surface area (Å²) in [7, 11) is -2.95. The van der Waals surface area contributed by atoms with Crippen molar-refractivity contribution in [1.29, 1.82) is 0 Å². The molecule has 2 rings (SSSR count). The van der Waals surface area contributed by atoms with Gasteiger partial charge in [0.1, 0.15) is 18.5 Å². The van der Waals surface area contributed by atoms with Crippen LogP contribution in [0.5, 0.6) is 5.75 Å². The van der Waals surface area contributed by atoms with Gasteiger partial charge in [-0.3, -0.25) is 0 Å². The van der Waals surface area contributed by atoms with Crippen LogP contribution in [0.4, 0.5) is 0 Å². The number of aliphatic hydroxyl groups excluding tert-OH is 1. The highest BCUT2D eigenvalue weighted by atomic mass is 35.5. The second-order valence-corrected chi connectivity index (χ2v) is 8.32. The fraction of sp³-hybridized carbons (Fsp3) is 0.571. The Bertz CT molecular complexity index is 575. The van der Waals surface area contributed by atoms with Crippen LogP contribution in [0.15, 0.2) is 24.3 Å². The molecule has 1 aliphatic rings. The quantitative estimate of drug-likeness (QED) is 0.819. The molecule has 2 atom stereocenters. The monoisotopic (exact) mass is 333 g/mol. The van der Waals surface area contributed by atoms with E-state index in [4.69, 9.17) is 16.3 Å². The maximum Gasteiger partial charge on any atom is 0.152 e. The van der Waals surface area contributed by atoms with Crippen LogP contribution in [0, 0.1) is 0 Å². The molecule has 21 heavy (non-hydrogen) atoms. The summed E-state index contributed by atoms with van der Waals surface area (Å²) < 4.78 is 28.4. The molecule has 1 aromatic carbocycles. The molecule has 2 unspecified atom stereocenters. The standard InChI is InChI=1S/C14H20ClNO4S/c1-14(6-7-21(18,19)10-14)16-8-12(17)9-20-13-4-2-11(15)3-5-13/h2-5,12,16-17H,6-10H2,1H3. The van der Waals surface area contributed by atoms with Gasteiger partial charge < -0.3 is 15.2 Å². The van der Waals surface area contributed by atoms with Gasteiger partial charge >= 0.3 is 0 Å². The van der Waals surface area contributed by atoms with Gasteiger partial charge in [-0.25, -0.2) is 8.42 Å². The number of hydrogen-bond donors (Lipinski definition) is 2. The summed E-state index contributed by atoms with van der Waals surface area (Å²) in [6, 6.07) is 6.89. The Morgan fingerprint density at radius 1 is 1.43 bits per heavy atom.